The highest BCUT2D eigenvalue weighted by molar-refractivity contribution is 5.54. The Bertz CT molecular complexity index is 1180. The smallest absolute Gasteiger partial charge is 0.456 e. The van der Waals surface area contributed by atoms with E-state index in [-0.39, 0.29) is 17.3 Å². The lowest BCUT2D eigenvalue weighted by Gasteiger charge is -2.33. The minimum Gasteiger partial charge on any atom is -0.483 e. The molecule has 0 radical (unpaired) electrons. The molecular formula is C22H24F5N5O2. The van der Waals surface area contributed by atoms with Gasteiger partial charge >= 0.3 is 12.1 Å². The molecule has 0 spiro atoms. The average Bonchev–Trinajstić information content (AvgIpc) is 3.44. The third kappa shape index (κ3) is 4.11. The molecule has 0 aliphatic heterocycles. The molecule has 2 fully saturated rings. The number of hydrogen-bond donors (Lipinski definition) is 0. The standard InChI is InChI=1S/C22H24F5N5O2/c1-11-3-6-17(33-10-21(23,24)22(25,26)27)19-29-18(30-32(11)19)9-16-13-4-5-14(16)8-15(7-13)20-28-12(2)31-34-20/h3,6,13-16H,4-5,7-10H2,1-2H3/t13-,14+,15?,16?. The third-order valence-corrected chi connectivity index (χ3v) is 7.11. The molecule has 2 aliphatic carbocycles. The van der Waals surface area contributed by atoms with Crippen LogP contribution in [0.1, 0.15) is 54.8 Å². The fourth-order valence-corrected chi connectivity index (χ4v) is 5.43. The molecule has 3 heterocycles. The van der Waals surface area contributed by atoms with Crippen molar-refractivity contribution in [1.29, 1.82) is 0 Å². The molecule has 2 aliphatic rings. The lowest BCUT2D eigenvalue weighted by Crippen LogP contribution is -2.41. The fraction of sp³-hybridized carbons (Fsp3) is 0.636. The molecule has 2 bridgehead atoms. The molecule has 0 aromatic carbocycles. The van der Waals surface area contributed by atoms with Crippen LogP contribution in [0, 0.1) is 31.6 Å². The maximum absolute atomic E-state index is 13.4. The number of aryl methyl sites for hydroxylation is 2. The van der Waals surface area contributed by atoms with Crippen molar-refractivity contribution in [2.75, 3.05) is 6.61 Å². The van der Waals surface area contributed by atoms with Gasteiger partial charge in [-0.15, -0.1) is 0 Å². The van der Waals surface area contributed by atoms with Gasteiger partial charge in [-0.3, -0.25) is 0 Å². The minimum atomic E-state index is -5.69. The molecule has 34 heavy (non-hydrogen) atoms. The van der Waals surface area contributed by atoms with Crippen LogP contribution in [-0.2, 0) is 6.42 Å². The molecule has 0 N–H and O–H groups in total. The molecular weight excluding hydrogens is 461 g/mol. The highest BCUT2D eigenvalue weighted by Crippen LogP contribution is 2.52. The summed E-state index contributed by atoms with van der Waals surface area (Å²) in [5, 5.41) is 8.42. The second kappa shape index (κ2) is 8.16. The van der Waals surface area contributed by atoms with Crippen LogP contribution >= 0.6 is 0 Å². The SMILES string of the molecule is Cc1noc(C2C[C@H]3CC[C@@H](C2)C3Cc2nc3c(OCC(F)(F)C(F)(F)F)ccc(C)n3n2)n1. The highest BCUT2D eigenvalue weighted by atomic mass is 19.4. The summed E-state index contributed by atoms with van der Waals surface area (Å²) in [6, 6.07) is 2.89. The van der Waals surface area contributed by atoms with Crippen molar-refractivity contribution in [2.24, 2.45) is 17.8 Å². The van der Waals surface area contributed by atoms with Crippen molar-refractivity contribution < 1.29 is 31.2 Å². The van der Waals surface area contributed by atoms with Gasteiger partial charge in [-0.05, 0) is 69.4 Å². The van der Waals surface area contributed by atoms with Crippen LogP contribution in [0.3, 0.4) is 0 Å². The van der Waals surface area contributed by atoms with Crippen molar-refractivity contribution in [3.63, 3.8) is 0 Å². The summed E-state index contributed by atoms with van der Waals surface area (Å²) < 4.78 is 76.0. The Kier molecular flexibility index (Phi) is 5.51. The highest BCUT2D eigenvalue weighted by Gasteiger charge is 2.58. The summed E-state index contributed by atoms with van der Waals surface area (Å²) in [4.78, 5) is 8.86. The zero-order valence-electron chi connectivity index (χ0n) is 18.6. The first-order valence-corrected chi connectivity index (χ1v) is 11.2. The van der Waals surface area contributed by atoms with Gasteiger partial charge in [0.2, 0.25) is 5.89 Å². The van der Waals surface area contributed by atoms with Gasteiger partial charge < -0.3 is 9.26 Å². The van der Waals surface area contributed by atoms with Crippen LogP contribution in [0.2, 0.25) is 0 Å². The van der Waals surface area contributed by atoms with Crippen molar-refractivity contribution in [1.82, 2.24) is 24.7 Å². The molecule has 2 unspecified atom stereocenters. The molecule has 2 saturated carbocycles. The summed E-state index contributed by atoms with van der Waals surface area (Å²) in [5.41, 5.74) is 0.803. The number of nitrogens with zero attached hydrogens (tertiary/aromatic N) is 5. The van der Waals surface area contributed by atoms with Gasteiger partial charge in [0.05, 0.1) is 0 Å². The predicted octanol–water partition coefficient (Wildman–Crippen LogP) is 5.07. The van der Waals surface area contributed by atoms with Gasteiger partial charge in [-0.2, -0.15) is 32.0 Å². The third-order valence-electron chi connectivity index (χ3n) is 7.11. The zero-order chi connectivity index (χ0) is 24.3. The lowest BCUT2D eigenvalue weighted by atomic mass is 9.72. The normalized spacial score (nSPS) is 25.3. The quantitative estimate of drug-likeness (QED) is 0.454. The van der Waals surface area contributed by atoms with E-state index in [4.69, 9.17) is 9.26 Å². The van der Waals surface area contributed by atoms with E-state index in [0.29, 0.717) is 47.4 Å². The second-order valence-electron chi connectivity index (χ2n) is 9.41. The van der Waals surface area contributed by atoms with E-state index in [0.717, 1.165) is 25.7 Å². The van der Waals surface area contributed by atoms with Gasteiger partial charge in [0.15, 0.2) is 29.7 Å². The molecule has 4 atom stereocenters. The Morgan fingerprint density at radius 3 is 2.38 bits per heavy atom. The van der Waals surface area contributed by atoms with E-state index in [1.807, 2.05) is 0 Å². The van der Waals surface area contributed by atoms with Crippen molar-refractivity contribution in [3.05, 3.63) is 35.4 Å². The van der Waals surface area contributed by atoms with E-state index in [9.17, 15) is 22.0 Å². The number of aromatic nitrogens is 5. The number of alkyl halides is 5. The van der Waals surface area contributed by atoms with Crippen LogP contribution in [0.25, 0.3) is 5.65 Å². The monoisotopic (exact) mass is 485 g/mol. The maximum atomic E-state index is 13.4. The number of hydrogen-bond acceptors (Lipinski definition) is 6. The van der Waals surface area contributed by atoms with Crippen molar-refractivity contribution >= 4 is 5.65 Å². The Balaban J connectivity index is 1.33. The Hall–Kier alpha value is -2.79. The van der Waals surface area contributed by atoms with E-state index >= 15 is 0 Å². The van der Waals surface area contributed by atoms with Crippen LogP contribution in [0.4, 0.5) is 22.0 Å². The van der Waals surface area contributed by atoms with Crippen molar-refractivity contribution in [3.8, 4) is 5.75 Å². The number of pyridine rings is 1. The first-order chi connectivity index (χ1) is 16.0. The summed E-state index contributed by atoms with van der Waals surface area (Å²) in [7, 11) is 0. The maximum Gasteiger partial charge on any atom is 0.456 e. The van der Waals surface area contributed by atoms with Crippen molar-refractivity contribution in [2.45, 2.75) is 64.0 Å². The first-order valence-electron chi connectivity index (χ1n) is 11.2. The zero-order valence-corrected chi connectivity index (χ0v) is 18.6. The van der Waals surface area contributed by atoms with E-state index in [2.05, 4.69) is 20.2 Å². The fourth-order valence-electron chi connectivity index (χ4n) is 5.43. The lowest BCUT2D eigenvalue weighted by molar-refractivity contribution is -0.289. The average molecular weight is 485 g/mol. The van der Waals surface area contributed by atoms with Crippen LogP contribution in [0.15, 0.2) is 16.7 Å². The van der Waals surface area contributed by atoms with Crippen LogP contribution in [-0.4, -0.2) is 43.4 Å². The molecule has 5 rings (SSSR count). The molecule has 3 aromatic heterocycles. The molecule has 12 heteroatoms. The second-order valence-corrected chi connectivity index (χ2v) is 9.41. The number of halogens is 5. The van der Waals surface area contributed by atoms with Crippen LogP contribution < -0.4 is 4.74 Å². The van der Waals surface area contributed by atoms with E-state index in [1.165, 1.54) is 10.6 Å². The minimum absolute atomic E-state index is 0.135. The predicted molar refractivity (Wildman–Crippen MR) is 109 cm³/mol. The Morgan fingerprint density at radius 2 is 1.76 bits per heavy atom. The Labute approximate surface area is 191 Å². The van der Waals surface area contributed by atoms with Gasteiger partial charge in [-0.25, -0.2) is 9.50 Å². The molecule has 0 saturated heterocycles. The largest absolute Gasteiger partial charge is 0.483 e. The summed E-state index contributed by atoms with van der Waals surface area (Å²) in [6.45, 7) is 1.73. The molecule has 0 amide bonds. The van der Waals surface area contributed by atoms with E-state index in [1.54, 1.807) is 19.9 Å². The summed E-state index contributed by atoms with van der Waals surface area (Å²) in [6.07, 6.45) is -1.03. The number of fused-ring (bicyclic) bond motifs is 3. The summed E-state index contributed by atoms with van der Waals surface area (Å²) >= 11 is 0. The van der Waals surface area contributed by atoms with Gasteiger partial charge in [0, 0.05) is 18.0 Å². The first kappa shape index (κ1) is 23.0. The van der Waals surface area contributed by atoms with E-state index < -0.39 is 18.7 Å². The number of ether oxygens (including phenoxy) is 1. The molecule has 3 aromatic rings. The topological polar surface area (TPSA) is 78.3 Å². The Morgan fingerprint density at radius 1 is 1.06 bits per heavy atom. The number of rotatable bonds is 6. The summed E-state index contributed by atoms with van der Waals surface area (Å²) in [5.74, 6) is -1.80. The van der Waals surface area contributed by atoms with Gasteiger partial charge in [-0.1, -0.05) is 5.16 Å². The molecule has 7 nitrogen and oxygen atoms in total. The van der Waals surface area contributed by atoms with Crippen LogP contribution in [0.5, 0.6) is 5.75 Å². The molecule has 184 valence electrons. The van der Waals surface area contributed by atoms with Gasteiger partial charge in [0.25, 0.3) is 0 Å². The van der Waals surface area contributed by atoms with Gasteiger partial charge in [0.1, 0.15) is 0 Å².